The number of hydrogen-bond acceptors (Lipinski definition) is 7. The molecule has 8 heteroatoms. The highest BCUT2D eigenvalue weighted by Crippen LogP contribution is 2.36. The van der Waals surface area contributed by atoms with Gasteiger partial charge in [-0.25, -0.2) is 0 Å². The predicted molar refractivity (Wildman–Crippen MR) is 111 cm³/mol. The maximum Gasteiger partial charge on any atom is 0.255 e. The van der Waals surface area contributed by atoms with Crippen molar-refractivity contribution in [2.24, 2.45) is 5.92 Å². The van der Waals surface area contributed by atoms with Crippen molar-refractivity contribution in [3.63, 3.8) is 0 Å². The largest absolute Gasteiger partial charge is 0.489 e. The molecule has 0 unspecified atom stereocenters. The number of benzene rings is 1. The predicted octanol–water partition coefficient (Wildman–Crippen LogP) is 1.07. The minimum absolute atomic E-state index is 0.0243. The van der Waals surface area contributed by atoms with Gasteiger partial charge in [0.2, 0.25) is 0 Å². The van der Waals surface area contributed by atoms with Gasteiger partial charge < -0.3 is 35.2 Å². The molecule has 1 saturated heterocycles. The molecule has 2 atom stereocenters. The Bertz CT molecular complexity index is 685. The molecule has 0 bridgehead atoms. The fourth-order valence-corrected chi connectivity index (χ4v) is 3.84. The molecule has 3 rings (SSSR count). The number of nitrogens with one attached hydrogen (secondary N) is 2. The minimum Gasteiger partial charge on any atom is -0.489 e. The van der Waals surface area contributed by atoms with Crippen molar-refractivity contribution in [2.45, 2.75) is 31.8 Å². The van der Waals surface area contributed by atoms with E-state index in [4.69, 9.17) is 14.6 Å². The lowest BCUT2D eigenvalue weighted by Gasteiger charge is -2.36. The summed E-state index contributed by atoms with van der Waals surface area (Å²) in [5.41, 5.74) is 1.24. The van der Waals surface area contributed by atoms with Gasteiger partial charge in [-0.05, 0) is 38.4 Å². The number of ether oxygens (including phenoxy) is 2. The van der Waals surface area contributed by atoms with Gasteiger partial charge in [-0.3, -0.25) is 4.79 Å². The normalized spacial score (nSPS) is 22.0. The van der Waals surface area contributed by atoms with Crippen LogP contribution in [0.25, 0.3) is 0 Å². The maximum absolute atomic E-state index is 12.9. The van der Waals surface area contributed by atoms with Crippen molar-refractivity contribution in [1.29, 1.82) is 0 Å². The number of aliphatic hydroxyl groups excluding tert-OH is 2. The number of piperidine rings is 1. The van der Waals surface area contributed by atoms with Crippen LogP contribution in [0.1, 0.15) is 36.0 Å². The number of nitrogens with zero attached hydrogens (tertiary/aromatic N) is 1. The van der Waals surface area contributed by atoms with Crippen molar-refractivity contribution in [3.05, 3.63) is 17.7 Å². The number of aliphatic hydroxyl groups is 2. The van der Waals surface area contributed by atoms with Crippen LogP contribution in [0.15, 0.2) is 12.1 Å². The summed E-state index contributed by atoms with van der Waals surface area (Å²) in [4.78, 5) is 15.1. The van der Waals surface area contributed by atoms with Crippen LogP contribution in [0.5, 0.6) is 11.5 Å². The molecule has 2 aliphatic heterocycles. The lowest BCUT2D eigenvalue weighted by atomic mass is 9.93. The summed E-state index contributed by atoms with van der Waals surface area (Å²) in [5, 5.41) is 25.4. The summed E-state index contributed by atoms with van der Waals surface area (Å²) in [6.07, 6.45) is 2.84. The Morgan fingerprint density at radius 1 is 1.28 bits per heavy atom. The zero-order valence-corrected chi connectivity index (χ0v) is 17.2. The molecule has 1 amide bonds. The smallest absolute Gasteiger partial charge is 0.255 e. The average Bonchev–Trinajstić information content (AvgIpc) is 2.97. The lowest BCUT2D eigenvalue weighted by molar-refractivity contribution is 0.0212. The molecule has 1 fully saturated rings. The van der Waals surface area contributed by atoms with Crippen molar-refractivity contribution < 1.29 is 24.5 Å². The number of unbranched alkanes of at least 4 members (excludes halogenated alkanes) is 1. The monoisotopic (exact) mass is 407 g/mol. The number of rotatable bonds is 8. The Balaban J connectivity index is 1.58. The Labute approximate surface area is 172 Å². The minimum atomic E-state index is -0.474. The molecule has 0 spiro atoms. The molecule has 29 heavy (non-hydrogen) atoms. The zero-order valence-electron chi connectivity index (χ0n) is 17.2. The van der Waals surface area contributed by atoms with Gasteiger partial charge in [0.1, 0.15) is 0 Å². The number of likely N-dealkylation sites (tertiary alicyclic amines) is 1. The van der Waals surface area contributed by atoms with Crippen LogP contribution in [-0.2, 0) is 0 Å². The van der Waals surface area contributed by atoms with Crippen LogP contribution in [0.2, 0.25) is 0 Å². The lowest BCUT2D eigenvalue weighted by Crippen LogP contribution is -2.47. The van der Waals surface area contributed by atoms with Crippen LogP contribution in [0.4, 0.5) is 5.69 Å². The van der Waals surface area contributed by atoms with E-state index in [2.05, 4.69) is 15.5 Å². The van der Waals surface area contributed by atoms with E-state index in [-0.39, 0.29) is 18.4 Å². The summed E-state index contributed by atoms with van der Waals surface area (Å²) >= 11 is 0. The van der Waals surface area contributed by atoms with Crippen LogP contribution in [0, 0.1) is 5.92 Å². The molecule has 0 saturated carbocycles. The van der Waals surface area contributed by atoms with E-state index in [1.54, 1.807) is 13.1 Å². The summed E-state index contributed by atoms with van der Waals surface area (Å²) in [6, 6.07) is 3.61. The fourth-order valence-electron chi connectivity index (χ4n) is 3.84. The number of hydrogen-bond donors (Lipinski definition) is 4. The second kappa shape index (κ2) is 10.7. The fraction of sp³-hybridized carbons (Fsp3) is 0.667. The SMILES string of the molecule is CNc1cc2c(c(C(=O)NC[C@@H]3CCN(CCCCO)C[C@H]3O)c1)OCCCO2. The maximum atomic E-state index is 12.9. The molecule has 8 nitrogen and oxygen atoms in total. The van der Waals surface area contributed by atoms with Crippen LogP contribution < -0.4 is 20.1 Å². The van der Waals surface area contributed by atoms with E-state index < -0.39 is 6.10 Å². The average molecular weight is 408 g/mol. The Kier molecular flexibility index (Phi) is 7.97. The molecule has 4 N–H and O–H groups in total. The number of amides is 1. The quantitative estimate of drug-likeness (QED) is 0.478. The Hall–Kier alpha value is -2.03. The van der Waals surface area contributed by atoms with Gasteiger partial charge in [0.25, 0.3) is 5.91 Å². The van der Waals surface area contributed by atoms with E-state index in [0.717, 1.165) is 44.5 Å². The summed E-state index contributed by atoms with van der Waals surface area (Å²) in [6.45, 7) is 4.08. The highest BCUT2D eigenvalue weighted by atomic mass is 16.5. The van der Waals surface area contributed by atoms with Crippen LogP contribution >= 0.6 is 0 Å². The van der Waals surface area contributed by atoms with Gasteiger partial charge in [-0.2, -0.15) is 0 Å². The second-order valence-electron chi connectivity index (χ2n) is 7.71. The third kappa shape index (κ3) is 5.74. The number of carbonyl (C=O) groups excluding carboxylic acids is 1. The first kappa shape index (κ1) is 21.7. The molecule has 2 aliphatic rings. The Morgan fingerprint density at radius 3 is 2.86 bits per heavy atom. The zero-order chi connectivity index (χ0) is 20.6. The molecular formula is C21H33N3O5. The van der Waals surface area contributed by atoms with Crippen molar-refractivity contribution >= 4 is 11.6 Å². The van der Waals surface area contributed by atoms with Crippen molar-refractivity contribution in [1.82, 2.24) is 10.2 Å². The number of β-amino-alcohol motifs (C(OH)–C–C–N with tert-alkyl or cyclic N) is 1. The second-order valence-corrected chi connectivity index (χ2v) is 7.71. The molecule has 0 radical (unpaired) electrons. The number of carbonyl (C=O) groups is 1. The summed E-state index contributed by atoms with van der Waals surface area (Å²) in [5.74, 6) is 0.867. The van der Waals surface area contributed by atoms with E-state index in [1.165, 1.54) is 0 Å². The van der Waals surface area contributed by atoms with E-state index in [0.29, 0.717) is 43.4 Å². The van der Waals surface area contributed by atoms with Crippen LogP contribution in [-0.4, -0.2) is 80.2 Å². The number of fused-ring (bicyclic) bond motifs is 1. The molecular weight excluding hydrogens is 374 g/mol. The highest BCUT2D eigenvalue weighted by Gasteiger charge is 2.28. The van der Waals surface area contributed by atoms with Crippen molar-refractivity contribution in [3.8, 4) is 11.5 Å². The summed E-state index contributed by atoms with van der Waals surface area (Å²) < 4.78 is 11.5. The van der Waals surface area contributed by atoms with Gasteiger partial charge in [0.15, 0.2) is 11.5 Å². The first-order valence-electron chi connectivity index (χ1n) is 10.5. The van der Waals surface area contributed by atoms with Gasteiger partial charge >= 0.3 is 0 Å². The Morgan fingerprint density at radius 2 is 2.10 bits per heavy atom. The molecule has 162 valence electrons. The van der Waals surface area contributed by atoms with Gasteiger partial charge in [-0.1, -0.05) is 0 Å². The standard InChI is InChI=1S/C21H33N3O5/c1-22-16-11-17(20-19(12-16)28-9-4-10-29-20)21(27)23-13-15-5-7-24(14-18(15)26)6-2-3-8-25/h11-12,15,18,22,25-26H,2-10,13-14H2,1H3,(H,23,27)/t15-,18+/m0/s1. The molecule has 1 aromatic carbocycles. The first-order valence-corrected chi connectivity index (χ1v) is 10.5. The molecule has 2 heterocycles. The topological polar surface area (TPSA) is 103 Å². The summed E-state index contributed by atoms with van der Waals surface area (Å²) in [7, 11) is 1.80. The third-order valence-electron chi connectivity index (χ3n) is 5.59. The van der Waals surface area contributed by atoms with E-state index in [1.807, 2.05) is 6.07 Å². The van der Waals surface area contributed by atoms with Gasteiger partial charge in [-0.15, -0.1) is 0 Å². The van der Waals surface area contributed by atoms with Gasteiger partial charge in [0.05, 0.1) is 24.9 Å². The molecule has 0 aliphatic carbocycles. The highest BCUT2D eigenvalue weighted by molar-refractivity contribution is 5.99. The van der Waals surface area contributed by atoms with Gasteiger partial charge in [0, 0.05) is 50.8 Å². The van der Waals surface area contributed by atoms with Crippen LogP contribution in [0.3, 0.4) is 0 Å². The molecule has 0 aromatic heterocycles. The first-order chi connectivity index (χ1) is 14.1. The third-order valence-corrected chi connectivity index (χ3v) is 5.59. The molecule has 1 aromatic rings. The van der Waals surface area contributed by atoms with E-state index >= 15 is 0 Å². The van der Waals surface area contributed by atoms with E-state index in [9.17, 15) is 9.90 Å². The van der Waals surface area contributed by atoms with Crippen molar-refractivity contribution in [2.75, 3.05) is 58.4 Å². The number of anilines is 1.